The summed E-state index contributed by atoms with van der Waals surface area (Å²) in [6.07, 6.45) is 4.18. The van der Waals surface area contributed by atoms with Crippen molar-refractivity contribution in [1.29, 1.82) is 5.41 Å². The average Bonchev–Trinajstić information content (AvgIpc) is 3.29. The molecule has 0 aliphatic carbocycles. The minimum Gasteiger partial charge on any atom is -0.435 e. The summed E-state index contributed by atoms with van der Waals surface area (Å²) in [5.74, 6) is 0.890. The molecule has 3 heterocycles. The van der Waals surface area contributed by atoms with Crippen LogP contribution in [0, 0.1) is 5.41 Å². The molecule has 3 N–H and O–H groups in total. The van der Waals surface area contributed by atoms with Crippen molar-refractivity contribution >= 4 is 11.5 Å². The summed E-state index contributed by atoms with van der Waals surface area (Å²) in [6.45, 7) is 0.570. The molecule has 1 fully saturated rings. The number of alkyl halides is 2. The van der Waals surface area contributed by atoms with E-state index in [1.54, 1.807) is 23.0 Å². The molecule has 0 unspecified atom stereocenters. The van der Waals surface area contributed by atoms with Gasteiger partial charge in [-0.2, -0.15) is 18.9 Å². The van der Waals surface area contributed by atoms with Gasteiger partial charge in [-0.05, 0) is 48.9 Å². The topological polar surface area (TPSA) is 89.6 Å². The molecule has 1 aliphatic heterocycles. The maximum absolute atomic E-state index is 12.4. The van der Waals surface area contributed by atoms with E-state index < -0.39 is 6.61 Å². The summed E-state index contributed by atoms with van der Waals surface area (Å²) in [4.78, 5) is 4.90. The van der Waals surface area contributed by atoms with E-state index in [2.05, 4.69) is 15.2 Å². The number of aromatic nitrogens is 3. The number of hydrogen-bond donors (Lipinski definition) is 2. The number of rotatable bonds is 8. The van der Waals surface area contributed by atoms with Gasteiger partial charge in [0.05, 0.1) is 48.1 Å². The number of nitrogens with two attached hydrogens (primary N) is 1. The molecule has 2 aromatic heterocycles. The highest BCUT2D eigenvalue weighted by atomic mass is 19.3. The zero-order chi connectivity index (χ0) is 22.5. The van der Waals surface area contributed by atoms with Crippen molar-refractivity contribution in [3.05, 3.63) is 54.2 Å². The van der Waals surface area contributed by atoms with E-state index in [1.807, 2.05) is 25.1 Å². The Morgan fingerprint density at radius 2 is 1.94 bits per heavy atom. The quantitative estimate of drug-likeness (QED) is 0.521. The fourth-order valence-corrected chi connectivity index (χ4v) is 3.77. The monoisotopic (exact) mass is 442 g/mol. The van der Waals surface area contributed by atoms with Gasteiger partial charge >= 0.3 is 6.61 Å². The number of hydrogen-bond acceptors (Lipinski definition) is 5. The SMILES string of the molecule is CCC(=N)c1ccc(-c2ccnn2-c2ccc(OC(F)F)cc2)nc1[NH2+]C1CCOCC1. The highest BCUT2D eigenvalue weighted by Crippen LogP contribution is 2.25. The van der Waals surface area contributed by atoms with Crippen LogP contribution in [0.4, 0.5) is 14.6 Å². The largest absolute Gasteiger partial charge is 0.435 e. The van der Waals surface area contributed by atoms with Gasteiger partial charge < -0.3 is 14.9 Å². The maximum atomic E-state index is 12.4. The number of quaternary nitrogens is 1. The van der Waals surface area contributed by atoms with Crippen LogP contribution in [-0.2, 0) is 4.74 Å². The highest BCUT2D eigenvalue weighted by molar-refractivity contribution is 6.01. The lowest BCUT2D eigenvalue weighted by Gasteiger charge is -2.21. The summed E-state index contributed by atoms with van der Waals surface area (Å²) in [5, 5.41) is 14.9. The Kier molecular flexibility index (Phi) is 6.87. The summed E-state index contributed by atoms with van der Waals surface area (Å²) >= 11 is 0. The van der Waals surface area contributed by atoms with Gasteiger partial charge in [0.25, 0.3) is 0 Å². The minimum absolute atomic E-state index is 0.0892. The molecule has 1 aromatic carbocycles. The second-order valence-electron chi connectivity index (χ2n) is 7.58. The molecule has 0 amide bonds. The van der Waals surface area contributed by atoms with Gasteiger partial charge in [-0.3, -0.25) is 5.32 Å². The second-order valence-corrected chi connectivity index (χ2v) is 7.58. The van der Waals surface area contributed by atoms with E-state index in [9.17, 15) is 8.78 Å². The van der Waals surface area contributed by atoms with Gasteiger partial charge in [-0.1, -0.05) is 6.92 Å². The van der Waals surface area contributed by atoms with Crippen LogP contribution in [0.15, 0.2) is 48.7 Å². The van der Waals surface area contributed by atoms with Crippen LogP contribution in [0.1, 0.15) is 31.7 Å². The molecule has 9 heteroatoms. The van der Waals surface area contributed by atoms with Crippen molar-refractivity contribution in [3.63, 3.8) is 0 Å². The summed E-state index contributed by atoms with van der Waals surface area (Å²) in [6, 6.07) is 12.4. The van der Waals surface area contributed by atoms with Crippen LogP contribution >= 0.6 is 0 Å². The maximum Gasteiger partial charge on any atom is 0.387 e. The van der Waals surface area contributed by atoms with Gasteiger partial charge in [0.1, 0.15) is 5.75 Å². The van der Waals surface area contributed by atoms with E-state index in [1.165, 1.54) is 12.1 Å². The Morgan fingerprint density at radius 1 is 1.19 bits per heavy atom. The third-order valence-corrected chi connectivity index (χ3v) is 5.47. The molecule has 3 aromatic rings. The molecule has 0 atom stereocenters. The lowest BCUT2D eigenvalue weighted by atomic mass is 10.1. The smallest absolute Gasteiger partial charge is 0.387 e. The van der Waals surface area contributed by atoms with Gasteiger partial charge in [0.15, 0.2) is 0 Å². The van der Waals surface area contributed by atoms with Crippen molar-refractivity contribution in [2.24, 2.45) is 0 Å². The van der Waals surface area contributed by atoms with Crippen molar-refractivity contribution in [2.45, 2.75) is 38.8 Å². The number of nitrogens with zero attached hydrogens (tertiary/aromatic N) is 3. The van der Waals surface area contributed by atoms with Crippen LogP contribution in [0.5, 0.6) is 5.75 Å². The van der Waals surface area contributed by atoms with Crippen LogP contribution in [0.2, 0.25) is 0 Å². The fourth-order valence-electron chi connectivity index (χ4n) is 3.77. The van der Waals surface area contributed by atoms with Crippen molar-refractivity contribution in [1.82, 2.24) is 14.8 Å². The summed E-state index contributed by atoms with van der Waals surface area (Å²) < 4.78 is 36.5. The first-order valence-electron chi connectivity index (χ1n) is 10.7. The molecule has 0 radical (unpaired) electrons. The average molecular weight is 442 g/mol. The zero-order valence-electron chi connectivity index (χ0n) is 17.8. The molecule has 168 valence electrons. The van der Waals surface area contributed by atoms with Crippen LogP contribution in [0.3, 0.4) is 0 Å². The molecule has 0 bridgehead atoms. The van der Waals surface area contributed by atoms with Gasteiger partial charge in [0, 0.05) is 18.6 Å². The molecule has 7 nitrogen and oxygen atoms in total. The van der Waals surface area contributed by atoms with Gasteiger partial charge in [0.2, 0.25) is 5.82 Å². The van der Waals surface area contributed by atoms with Crippen LogP contribution in [0.25, 0.3) is 17.1 Å². The predicted octanol–water partition coefficient (Wildman–Crippen LogP) is 3.69. The molecule has 32 heavy (non-hydrogen) atoms. The Morgan fingerprint density at radius 3 is 2.62 bits per heavy atom. The third kappa shape index (κ3) is 5.00. The van der Waals surface area contributed by atoms with Crippen molar-refractivity contribution in [3.8, 4) is 22.8 Å². The van der Waals surface area contributed by atoms with E-state index in [0.717, 1.165) is 48.8 Å². The minimum atomic E-state index is -2.86. The first kappa shape index (κ1) is 22.0. The fraction of sp³-hybridized carbons (Fsp3) is 0.348. The normalized spacial score (nSPS) is 14.6. The van der Waals surface area contributed by atoms with Gasteiger partial charge in [-0.25, -0.2) is 4.68 Å². The molecular formula is C23H26F2N5O2+. The molecule has 4 rings (SSSR count). The van der Waals surface area contributed by atoms with Crippen molar-refractivity contribution in [2.75, 3.05) is 13.2 Å². The van der Waals surface area contributed by atoms with E-state index in [-0.39, 0.29) is 5.75 Å². The Hall–Kier alpha value is -3.17. The summed E-state index contributed by atoms with van der Waals surface area (Å²) in [5.41, 5.74) is 3.58. The van der Waals surface area contributed by atoms with Crippen molar-refractivity contribution < 1.29 is 23.6 Å². The molecular weight excluding hydrogens is 416 g/mol. The molecule has 0 saturated carbocycles. The third-order valence-electron chi connectivity index (χ3n) is 5.47. The molecule has 0 spiro atoms. The molecule has 1 saturated heterocycles. The van der Waals surface area contributed by atoms with E-state index >= 15 is 0 Å². The lowest BCUT2D eigenvalue weighted by Crippen LogP contribution is -2.86. The number of nitrogens with one attached hydrogen (secondary N) is 1. The first-order valence-corrected chi connectivity index (χ1v) is 10.7. The standard InChI is InChI=1S/C23H25F2N5O2/c1-2-19(26)18-7-8-20(29-22(18)28-15-10-13-31-14-11-15)21-9-12-27-30(21)16-3-5-17(6-4-16)32-23(24)25/h3-9,12,15,23,26H,2,10-11,13-14H2,1H3,(H,28,29)/p+1. The Labute approximate surface area is 184 Å². The van der Waals surface area contributed by atoms with E-state index in [0.29, 0.717) is 23.9 Å². The number of ether oxygens (including phenoxy) is 2. The lowest BCUT2D eigenvalue weighted by molar-refractivity contribution is -0.619. The number of pyridine rings is 1. The molecule has 1 aliphatic rings. The predicted molar refractivity (Wildman–Crippen MR) is 116 cm³/mol. The van der Waals surface area contributed by atoms with Crippen LogP contribution < -0.4 is 10.1 Å². The number of halogens is 2. The first-order chi connectivity index (χ1) is 15.5. The van der Waals surface area contributed by atoms with E-state index in [4.69, 9.17) is 15.1 Å². The highest BCUT2D eigenvalue weighted by Gasteiger charge is 2.22. The zero-order valence-corrected chi connectivity index (χ0v) is 17.8. The second kappa shape index (κ2) is 9.97. The summed E-state index contributed by atoms with van der Waals surface area (Å²) in [7, 11) is 0. The van der Waals surface area contributed by atoms with Crippen LogP contribution in [-0.4, -0.2) is 46.3 Å². The number of benzene rings is 1. The Balaban J connectivity index is 1.66. The Bertz CT molecular complexity index is 1060. The van der Waals surface area contributed by atoms with Gasteiger partial charge in [-0.15, -0.1) is 0 Å².